The summed E-state index contributed by atoms with van der Waals surface area (Å²) in [6.45, 7) is 10.2. The number of amides is 1. The molecule has 0 bridgehead atoms. The standard InChI is InChI=1S/C29H37Cl2N7O/c1-4-23-19-37(27-25(31)15-21(17-35-27)26-33-9-10-34-26)13-14-38(23)29(2)7-11-36(12-8-29)18-20-5-6-22(30)16-24(20)28(39)32-3/h5-6,9-10,15-17,23H,4,7-8,11-14,18-19H2,1-3H3,(H,32,39)(H,33,34)/t23-/m0/s1. The number of nitrogens with zero attached hydrogens (tertiary/aromatic N) is 5. The van der Waals surface area contributed by atoms with E-state index in [1.807, 2.05) is 24.4 Å². The fourth-order valence-electron chi connectivity index (χ4n) is 6.08. The molecule has 10 heteroatoms. The number of aromatic amines is 1. The first-order chi connectivity index (χ1) is 18.8. The normalized spacial score (nSPS) is 20.2. The highest BCUT2D eigenvalue weighted by Crippen LogP contribution is 2.36. The Morgan fingerprint density at radius 3 is 2.62 bits per heavy atom. The second-order valence-corrected chi connectivity index (χ2v) is 11.7. The quantitative estimate of drug-likeness (QED) is 0.412. The molecule has 2 aliphatic rings. The van der Waals surface area contributed by atoms with Gasteiger partial charge in [0.25, 0.3) is 5.91 Å². The molecule has 0 unspecified atom stereocenters. The number of hydrogen-bond acceptors (Lipinski definition) is 6. The number of carbonyl (C=O) groups excluding carboxylic acids is 1. The fourth-order valence-corrected chi connectivity index (χ4v) is 6.54. The van der Waals surface area contributed by atoms with E-state index in [-0.39, 0.29) is 11.4 Å². The highest BCUT2D eigenvalue weighted by Gasteiger charge is 2.41. The number of hydrogen-bond donors (Lipinski definition) is 2. The monoisotopic (exact) mass is 569 g/mol. The number of halogens is 2. The summed E-state index contributed by atoms with van der Waals surface area (Å²) in [4.78, 5) is 32.1. The van der Waals surface area contributed by atoms with Gasteiger partial charge in [-0.2, -0.15) is 0 Å². The highest BCUT2D eigenvalue weighted by atomic mass is 35.5. The maximum absolute atomic E-state index is 12.4. The van der Waals surface area contributed by atoms with Gasteiger partial charge in [0.1, 0.15) is 11.6 Å². The molecular weight excluding hydrogens is 533 g/mol. The number of aromatic nitrogens is 3. The molecule has 39 heavy (non-hydrogen) atoms. The Labute approximate surface area is 240 Å². The minimum atomic E-state index is -0.0943. The zero-order valence-corrected chi connectivity index (χ0v) is 24.4. The van der Waals surface area contributed by atoms with Crippen molar-refractivity contribution in [2.75, 3.05) is 44.7 Å². The first kappa shape index (κ1) is 27.9. The van der Waals surface area contributed by atoms with Crippen LogP contribution in [0.25, 0.3) is 11.4 Å². The molecule has 2 fully saturated rings. The average molecular weight is 571 g/mol. The van der Waals surface area contributed by atoms with Crippen molar-refractivity contribution >= 4 is 34.9 Å². The van der Waals surface area contributed by atoms with Gasteiger partial charge in [-0.25, -0.2) is 9.97 Å². The Balaban J connectivity index is 1.23. The largest absolute Gasteiger partial charge is 0.355 e. The molecule has 0 saturated carbocycles. The molecule has 4 heterocycles. The summed E-state index contributed by atoms with van der Waals surface area (Å²) >= 11 is 12.9. The van der Waals surface area contributed by atoms with Gasteiger partial charge in [-0.05, 0) is 49.9 Å². The van der Waals surface area contributed by atoms with Gasteiger partial charge in [0, 0.05) is 92.6 Å². The average Bonchev–Trinajstić information content (AvgIpc) is 3.50. The Morgan fingerprint density at radius 2 is 1.95 bits per heavy atom. The van der Waals surface area contributed by atoms with Gasteiger partial charge in [0.2, 0.25) is 0 Å². The van der Waals surface area contributed by atoms with Crippen molar-refractivity contribution in [2.45, 2.75) is 51.2 Å². The van der Waals surface area contributed by atoms with Crippen molar-refractivity contribution in [3.63, 3.8) is 0 Å². The molecule has 2 aromatic heterocycles. The van der Waals surface area contributed by atoms with Gasteiger partial charge >= 0.3 is 0 Å². The lowest BCUT2D eigenvalue weighted by Crippen LogP contribution is -2.63. The van der Waals surface area contributed by atoms with E-state index in [1.54, 1.807) is 25.5 Å². The number of carbonyl (C=O) groups is 1. The van der Waals surface area contributed by atoms with Crippen LogP contribution in [0.1, 0.15) is 49.0 Å². The van der Waals surface area contributed by atoms with Gasteiger partial charge in [-0.15, -0.1) is 0 Å². The molecule has 3 aromatic rings. The lowest BCUT2D eigenvalue weighted by Gasteiger charge is -2.53. The molecule has 0 spiro atoms. The summed E-state index contributed by atoms with van der Waals surface area (Å²) < 4.78 is 0. The van der Waals surface area contributed by atoms with Gasteiger partial charge in [-0.3, -0.25) is 14.6 Å². The molecule has 0 aliphatic carbocycles. The fraction of sp³-hybridized carbons (Fsp3) is 0.483. The first-order valence-electron chi connectivity index (χ1n) is 13.7. The molecular formula is C29H37Cl2N7O. The van der Waals surface area contributed by atoms with E-state index in [4.69, 9.17) is 28.2 Å². The molecule has 1 atom stereocenters. The Kier molecular flexibility index (Phi) is 8.47. The van der Waals surface area contributed by atoms with Crippen LogP contribution >= 0.6 is 23.2 Å². The van der Waals surface area contributed by atoms with E-state index in [0.717, 1.165) is 81.3 Å². The lowest BCUT2D eigenvalue weighted by molar-refractivity contribution is -0.00588. The highest BCUT2D eigenvalue weighted by molar-refractivity contribution is 6.33. The van der Waals surface area contributed by atoms with Gasteiger partial charge < -0.3 is 15.2 Å². The number of rotatable bonds is 7. The van der Waals surface area contributed by atoms with Gasteiger partial charge in [-0.1, -0.05) is 36.2 Å². The van der Waals surface area contributed by atoms with Crippen molar-refractivity contribution in [1.82, 2.24) is 30.1 Å². The minimum Gasteiger partial charge on any atom is -0.355 e. The molecule has 5 rings (SSSR count). The zero-order chi connectivity index (χ0) is 27.6. The van der Waals surface area contributed by atoms with Crippen LogP contribution in [0.4, 0.5) is 5.82 Å². The molecule has 2 aliphatic heterocycles. The van der Waals surface area contributed by atoms with Crippen molar-refractivity contribution in [3.8, 4) is 11.4 Å². The van der Waals surface area contributed by atoms with Crippen molar-refractivity contribution in [1.29, 1.82) is 0 Å². The number of piperazine rings is 1. The topological polar surface area (TPSA) is 80.4 Å². The molecule has 1 aromatic carbocycles. The molecule has 208 valence electrons. The summed E-state index contributed by atoms with van der Waals surface area (Å²) in [6.07, 6.45) is 8.62. The predicted molar refractivity (Wildman–Crippen MR) is 158 cm³/mol. The Bertz CT molecular complexity index is 1290. The van der Waals surface area contributed by atoms with Gasteiger partial charge in [0.05, 0.1) is 5.02 Å². The third-order valence-electron chi connectivity index (χ3n) is 8.41. The van der Waals surface area contributed by atoms with Crippen LogP contribution in [0.3, 0.4) is 0 Å². The summed E-state index contributed by atoms with van der Waals surface area (Å²) in [6, 6.07) is 7.99. The maximum atomic E-state index is 12.4. The van der Waals surface area contributed by atoms with E-state index in [0.29, 0.717) is 21.7 Å². The number of likely N-dealkylation sites (tertiary alicyclic amines) is 1. The Hall–Kier alpha value is -2.65. The van der Waals surface area contributed by atoms with Crippen molar-refractivity contribution < 1.29 is 4.79 Å². The minimum absolute atomic E-state index is 0.0943. The zero-order valence-electron chi connectivity index (χ0n) is 22.9. The third kappa shape index (κ3) is 5.94. The van der Waals surface area contributed by atoms with Crippen LogP contribution in [0.15, 0.2) is 42.9 Å². The number of imidazole rings is 1. The first-order valence-corrected chi connectivity index (χ1v) is 14.5. The molecule has 0 radical (unpaired) electrons. The third-order valence-corrected chi connectivity index (χ3v) is 8.92. The SMILES string of the molecule is CC[C@H]1CN(c2ncc(-c3ncc[nH]3)cc2Cl)CCN1C1(C)CCN(Cc2ccc(Cl)cc2C(=O)NC)CC1. The van der Waals surface area contributed by atoms with Gasteiger partial charge in [0.15, 0.2) is 0 Å². The van der Waals surface area contributed by atoms with Crippen LogP contribution in [0.5, 0.6) is 0 Å². The summed E-state index contributed by atoms with van der Waals surface area (Å²) in [5.74, 6) is 1.52. The van der Waals surface area contributed by atoms with E-state index in [9.17, 15) is 4.79 Å². The molecule has 2 N–H and O–H groups in total. The van der Waals surface area contributed by atoms with Crippen molar-refractivity contribution in [3.05, 3.63) is 64.0 Å². The number of benzene rings is 1. The van der Waals surface area contributed by atoms with Crippen LogP contribution < -0.4 is 10.2 Å². The van der Waals surface area contributed by atoms with Crippen LogP contribution in [-0.2, 0) is 6.54 Å². The molecule has 2 saturated heterocycles. The number of anilines is 1. The number of piperidine rings is 1. The second kappa shape index (κ2) is 11.8. The maximum Gasteiger partial charge on any atom is 0.251 e. The van der Waals surface area contributed by atoms with Crippen LogP contribution in [0, 0.1) is 0 Å². The lowest BCUT2D eigenvalue weighted by atomic mass is 9.85. The second-order valence-electron chi connectivity index (χ2n) is 10.8. The van der Waals surface area contributed by atoms with E-state index >= 15 is 0 Å². The smallest absolute Gasteiger partial charge is 0.251 e. The number of nitrogens with one attached hydrogen (secondary N) is 2. The summed E-state index contributed by atoms with van der Waals surface area (Å²) in [7, 11) is 1.66. The number of pyridine rings is 1. The van der Waals surface area contributed by atoms with E-state index < -0.39 is 0 Å². The van der Waals surface area contributed by atoms with E-state index in [1.165, 1.54) is 0 Å². The number of H-pyrrole nitrogens is 1. The Morgan fingerprint density at radius 1 is 1.15 bits per heavy atom. The van der Waals surface area contributed by atoms with Crippen molar-refractivity contribution in [2.24, 2.45) is 0 Å². The summed E-state index contributed by atoms with van der Waals surface area (Å²) in [5.41, 5.74) is 2.70. The molecule has 8 nitrogen and oxygen atoms in total. The van der Waals surface area contributed by atoms with Crippen LogP contribution in [-0.4, -0.2) is 82.0 Å². The van der Waals surface area contributed by atoms with Crippen LogP contribution in [0.2, 0.25) is 10.0 Å². The van der Waals surface area contributed by atoms with E-state index in [2.05, 4.69) is 43.8 Å². The molecule has 1 amide bonds. The summed E-state index contributed by atoms with van der Waals surface area (Å²) in [5, 5.41) is 3.98. The predicted octanol–water partition coefficient (Wildman–Crippen LogP) is 5.09.